The molecule has 2 amide bonds. The first kappa shape index (κ1) is 13.8. The van der Waals surface area contributed by atoms with Crippen molar-refractivity contribution in [3.8, 4) is 11.1 Å². The van der Waals surface area contributed by atoms with Gasteiger partial charge in [-0.15, -0.1) is 0 Å². The lowest BCUT2D eigenvalue weighted by Gasteiger charge is -2.04. The number of hydrogen-bond acceptors (Lipinski definition) is 3. The van der Waals surface area contributed by atoms with E-state index in [9.17, 15) is 9.59 Å². The minimum atomic E-state index is -0.602. The summed E-state index contributed by atoms with van der Waals surface area (Å²) < 4.78 is 5.07. The minimum Gasteiger partial charge on any atom is -0.404 e. The van der Waals surface area contributed by atoms with E-state index in [-0.39, 0.29) is 11.7 Å². The van der Waals surface area contributed by atoms with E-state index in [0.29, 0.717) is 6.54 Å². The van der Waals surface area contributed by atoms with Gasteiger partial charge in [-0.3, -0.25) is 4.79 Å². The molecule has 2 aromatic carbocycles. The molecule has 4 nitrogen and oxygen atoms in total. The Bertz CT molecular complexity index is 867. The molecule has 0 bridgehead atoms. The van der Waals surface area contributed by atoms with Gasteiger partial charge in [0.25, 0.3) is 5.91 Å². The average Bonchev–Trinajstić information content (AvgIpc) is 3.05. The quantitative estimate of drug-likeness (QED) is 0.680. The molecule has 1 saturated heterocycles. The highest BCUT2D eigenvalue weighted by atomic mass is 16.6. The van der Waals surface area contributed by atoms with Crippen molar-refractivity contribution in [3.63, 3.8) is 0 Å². The Morgan fingerprint density at radius 1 is 1.09 bits per heavy atom. The fraction of sp³-hybridized carbons (Fsp3) is 0.158. The number of nitrogens with zero attached hydrogens (tertiary/aromatic N) is 1. The second-order valence-electron chi connectivity index (χ2n) is 5.68. The average molecular weight is 305 g/mol. The highest BCUT2D eigenvalue weighted by Crippen LogP contribution is 2.37. The van der Waals surface area contributed by atoms with E-state index < -0.39 is 6.09 Å². The van der Waals surface area contributed by atoms with Crippen LogP contribution < -0.4 is 0 Å². The van der Waals surface area contributed by atoms with Crippen LogP contribution in [-0.4, -0.2) is 23.4 Å². The molecule has 0 atom stereocenters. The Balaban J connectivity index is 1.72. The van der Waals surface area contributed by atoms with Gasteiger partial charge in [0, 0.05) is 6.54 Å². The summed E-state index contributed by atoms with van der Waals surface area (Å²) in [6.07, 6.45) is 1.96. The zero-order valence-corrected chi connectivity index (χ0v) is 12.7. The van der Waals surface area contributed by atoms with Crippen molar-refractivity contribution in [2.45, 2.75) is 13.3 Å². The Kier molecular flexibility index (Phi) is 3.05. The van der Waals surface area contributed by atoms with Gasteiger partial charge in [-0.25, -0.2) is 9.69 Å². The molecule has 2 aromatic rings. The fourth-order valence-corrected chi connectivity index (χ4v) is 3.16. The number of cyclic esters (lactones) is 1. The van der Waals surface area contributed by atoms with Crippen LogP contribution in [0, 0.1) is 0 Å². The zero-order valence-electron chi connectivity index (χ0n) is 12.7. The van der Waals surface area contributed by atoms with Gasteiger partial charge >= 0.3 is 6.09 Å². The molecule has 1 fully saturated rings. The Hall–Kier alpha value is -2.88. The topological polar surface area (TPSA) is 46.6 Å². The van der Waals surface area contributed by atoms with E-state index >= 15 is 0 Å². The van der Waals surface area contributed by atoms with Crippen molar-refractivity contribution in [2.75, 3.05) is 6.54 Å². The number of ether oxygens (including phenoxy) is 1. The van der Waals surface area contributed by atoms with Crippen LogP contribution in [0.5, 0.6) is 0 Å². The van der Waals surface area contributed by atoms with Crippen LogP contribution in [0.15, 0.2) is 48.2 Å². The number of hydrogen-bond donors (Lipinski definition) is 0. The van der Waals surface area contributed by atoms with Gasteiger partial charge in [-0.2, -0.15) is 0 Å². The summed E-state index contributed by atoms with van der Waals surface area (Å²) in [5.74, 6) is -0.290. The number of amides is 2. The summed E-state index contributed by atoms with van der Waals surface area (Å²) in [6.45, 7) is 2.06. The SMILES string of the molecule is CCN1C(=O)O/C(=C/c2ccc3c(c2)-c2ccccc2C3)C1=O. The van der Waals surface area contributed by atoms with Crippen LogP contribution in [0.25, 0.3) is 17.2 Å². The van der Waals surface area contributed by atoms with Crippen LogP contribution in [-0.2, 0) is 16.0 Å². The van der Waals surface area contributed by atoms with E-state index in [2.05, 4.69) is 18.2 Å². The van der Waals surface area contributed by atoms with Crippen molar-refractivity contribution >= 4 is 18.1 Å². The van der Waals surface area contributed by atoms with Crippen LogP contribution in [0.1, 0.15) is 23.6 Å². The van der Waals surface area contributed by atoms with Crippen LogP contribution >= 0.6 is 0 Å². The molecule has 1 aliphatic heterocycles. The molecule has 114 valence electrons. The van der Waals surface area contributed by atoms with E-state index in [1.807, 2.05) is 24.3 Å². The van der Waals surface area contributed by atoms with E-state index in [1.165, 1.54) is 22.3 Å². The van der Waals surface area contributed by atoms with Gasteiger partial charge in [-0.1, -0.05) is 36.4 Å². The summed E-state index contributed by atoms with van der Waals surface area (Å²) in [4.78, 5) is 24.8. The lowest BCUT2D eigenvalue weighted by Crippen LogP contribution is -2.28. The second kappa shape index (κ2) is 5.09. The number of carbonyl (C=O) groups excluding carboxylic acids is 2. The van der Waals surface area contributed by atoms with Gasteiger partial charge in [0.2, 0.25) is 0 Å². The summed E-state index contributed by atoms with van der Waals surface area (Å²) in [5.41, 5.74) is 5.85. The van der Waals surface area contributed by atoms with Gasteiger partial charge in [0.1, 0.15) is 0 Å². The number of benzene rings is 2. The molecule has 0 unspecified atom stereocenters. The molecule has 1 heterocycles. The molecule has 23 heavy (non-hydrogen) atoms. The smallest absolute Gasteiger partial charge is 0.404 e. The predicted octanol–water partition coefficient (Wildman–Crippen LogP) is 3.60. The van der Waals surface area contributed by atoms with Gasteiger partial charge in [0.15, 0.2) is 5.76 Å². The first-order valence-electron chi connectivity index (χ1n) is 7.64. The lowest BCUT2D eigenvalue weighted by molar-refractivity contribution is -0.123. The first-order valence-corrected chi connectivity index (χ1v) is 7.64. The van der Waals surface area contributed by atoms with Gasteiger partial charge in [-0.05, 0) is 53.3 Å². The van der Waals surface area contributed by atoms with E-state index in [1.54, 1.807) is 13.0 Å². The molecule has 0 radical (unpaired) electrons. The summed E-state index contributed by atoms with van der Waals surface area (Å²) in [6, 6.07) is 14.4. The highest BCUT2D eigenvalue weighted by Gasteiger charge is 2.35. The number of imide groups is 1. The van der Waals surface area contributed by atoms with E-state index in [4.69, 9.17) is 4.74 Å². The molecular weight excluding hydrogens is 290 g/mol. The third-order valence-corrected chi connectivity index (χ3v) is 4.31. The largest absolute Gasteiger partial charge is 0.422 e. The van der Waals surface area contributed by atoms with Crippen molar-refractivity contribution in [1.29, 1.82) is 0 Å². The third kappa shape index (κ3) is 2.14. The van der Waals surface area contributed by atoms with Crippen molar-refractivity contribution in [3.05, 3.63) is 64.9 Å². The Labute approximate surface area is 134 Å². The van der Waals surface area contributed by atoms with E-state index in [0.717, 1.165) is 16.9 Å². The Morgan fingerprint density at radius 2 is 1.87 bits per heavy atom. The molecule has 0 N–H and O–H groups in total. The molecule has 1 aliphatic carbocycles. The molecular formula is C19H15NO3. The number of carbonyl (C=O) groups is 2. The van der Waals surface area contributed by atoms with Crippen LogP contribution in [0.4, 0.5) is 4.79 Å². The number of likely N-dealkylation sites (N-methyl/N-ethyl adjacent to an activating group) is 1. The maximum atomic E-state index is 12.1. The third-order valence-electron chi connectivity index (χ3n) is 4.31. The zero-order chi connectivity index (χ0) is 16.0. The monoisotopic (exact) mass is 305 g/mol. The standard InChI is InChI=1S/C19H15NO3/c1-2-20-18(21)17(23-19(20)22)10-12-7-8-14-11-13-5-3-4-6-15(13)16(14)9-12/h3-10H,2,11H2,1H3/b17-10+. The maximum Gasteiger partial charge on any atom is 0.422 e. The molecule has 0 saturated carbocycles. The molecule has 0 spiro atoms. The summed E-state index contributed by atoms with van der Waals surface area (Å²) >= 11 is 0. The van der Waals surface area contributed by atoms with Gasteiger partial charge < -0.3 is 4.74 Å². The number of rotatable bonds is 2. The van der Waals surface area contributed by atoms with Gasteiger partial charge in [0.05, 0.1) is 0 Å². The van der Waals surface area contributed by atoms with Crippen molar-refractivity contribution in [2.24, 2.45) is 0 Å². The number of fused-ring (bicyclic) bond motifs is 3. The molecule has 4 heteroatoms. The normalized spacial score (nSPS) is 17.4. The van der Waals surface area contributed by atoms with Crippen LogP contribution in [0.3, 0.4) is 0 Å². The minimum absolute atomic E-state index is 0.0862. The van der Waals surface area contributed by atoms with Crippen molar-refractivity contribution in [1.82, 2.24) is 4.90 Å². The molecule has 2 aliphatic rings. The van der Waals surface area contributed by atoms with Crippen LogP contribution in [0.2, 0.25) is 0 Å². The highest BCUT2D eigenvalue weighted by molar-refractivity contribution is 6.09. The Morgan fingerprint density at radius 3 is 2.65 bits per heavy atom. The molecule has 0 aromatic heterocycles. The second-order valence-corrected chi connectivity index (χ2v) is 5.68. The maximum absolute atomic E-state index is 12.1. The fourth-order valence-electron chi connectivity index (χ4n) is 3.16. The first-order chi connectivity index (χ1) is 11.2. The predicted molar refractivity (Wildman–Crippen MR) is 86.5 cm³/mol. The van der Waals surface area contributed by atoms with Crippen molar-refractivity contribution < 1.29 is 14.3 Å². The summed E-state index contributed by atoms with van der Waals surface area (Å²) in [5, 5.41) is 0. The lowest BCUT2D eigenvalue weighted by atomic mass is 10.0. The molecule has 4 rings (SSSR count). The summed E-state index contributed by atoms with van der Waals surface area (Å²) in [7, 11) is 0.